The highest BCUT2D eigenvalue weighted by molar-refractivity contribution is 5.92. The van der Waals surface area contributed by atoms with Crippen molar-refractivity contribution in [2.24, 2.45) is 0 Å². The van der Waals surface area contributed by atoms with Crippen molar-refractivity contribution in [3.8, 4) is 0 Å². The first-order valence-corrected chi connectivity index (χ1v) is 6.52. The van der Waals surface area contributed by atoms with E-state index in [9.17, 15) is 4.79 Å². The lowest BCUT2D eigenvalue weighted by Gasteiger charge is -2.07. The van der Waals surface area contributed by atoms with Crippen molar-refractivity contribution in [2.45, 2.75) is 19.9 Å². The van der Waals surface area contributed by atoms with Gasteiger partial charge in [0, 0.05) is 31.5 Å². The number of carbonyl (C=O) groups is 1. The Morgan fingerprint density at radius 3 is 2.80 bits per heavy atom. The maximum absolute atomic E-state index is 11.8. The monoisotopic (exact) mass is 271 g/mol. The lowest BCUT2D eigenvalue weighted by Crippen LogP contribution is -2.25. The van der Waals surface area contributed by atoms with Crippen LogP contribution in [-0.2, 0) is 6.54 Å². The number of nitrogens with zero attached hydrogens (tertiary/aromatic N) is 3. The summed E-state index contributed by atoms with van der Waals surface area (Å²) in [7, 11) is 0. The Balaban J connectivity index is 1.97. The highest BCUT2D eigenvalue weighted by Gasteiger charge is 2.07. The zero-order valence-electron chi connectivity index (χ0n) is 11.3. The van der Waals surface area contributed by atoms with Crippen LogP contribution in [0.1, 0.15) is 29.4 Å². The third kappa shape index (κ3) is 4.01. The number of anilines is 1. The second-order valence-electron chi connectivity index (χ2n) is 4.25. The van der Waals surface area contributed by atoms with Gasteiger partial charge in [-0.25, -0.2) is 9.97 Å². The smallest absolute Gasteiger partial charge is 0.270 e. The molecule has 2 heterocycles. The highest BCUT2D eigenvalue weighted by Crippen LogP contribution is 2.06. The van der Waals surface area contributed by atoms with Gasteiger partial charge >= 0.3 is 0 Å². The van der Waals surface area contributed by atoms with Crippen LogP contribution in [0.4, 0.5) is 5.82 Å². The molecule has 20 heavy (non-hydrogen) atoms. The highest BCUT2D eigenvalue weighted by atomic mass is 16.1. The van der Waals surface area contributed by atoms with Crippen molar-refractivity contribution < 1.29 is 4.79 Å². The van der Waals surface area contributed by atoms with Gasteiger partial charge in [-0.2, -0.15) is 0 Å². The maximum atomic E-state index is 11.8. The normalized spacial score (nSPS) is 10.1. The largest absolute Gasteiger partial charge is 0.366 e. The van der Waals surface area contributed by atoms with Crippen LogP contribution in [0, 0.1) is 0 Å². The molecule has 0 saturated heterocycles. The standard InChI is InChI=1S/C14H17N5O/c1-2-5-16-14(20)12-8-13(19-10-18-12)17-9-11-3-6-15-7-4-11/h3-4,6-8,10H,2,5,9H2,1H3,(H,16,20)(H,17,18,19). The van der Waals surface area contributed by atoms with E-state index in [1.54, 1.807) is 18.5 Å². The molecular weight excluding hydrogens is 254 g/mol. The molecule has 2 aromatic heterocycles. The molecule has 1 amide bonds. The first-order chi connectivity index (χ1) is 9.79. The second-order valence-corrected chi connectivity index (χ2v) is 4.25. The number of carbonyl (C=O) groups excluding carboxylic acids is 1. The number of rotatable bonds is 6. The summed E-state index contributed by atoms with van der Waals surface area (Å²) in [5.41, 5.74) is 1.46. The van der Waals surface area contributed by atoms with Crippen LogP contribution in [0.5, 0.6) is 0 Å². The first kappa shape index (κ1) is 13.9. The summed E-state index contributed by atoms with van der Waals surface area (Å²) in [6.07, 6.45) is 5.75. The number of hydrogen-bond acceptors (Lipinski definition) is 5. The van der Waals surface area contributed by atoms with E-state index in [1.807, 2.05) is 19.1 Å². The van der Waals surface area contributed by atoms with Gasteiger partial charge in [-0.05, 0) is 24.1 Å². The molecule has 0 aliphatic rings. The second kappa shape index (κ2) is 7.18. The molecule has 0 radical (unpaired) electrons. The van der Waals surface area contributed by atoms with Gasteiger partial charge in [0.2, 0.25) is 0 Å². The van der Waals surface area contributed by atoms with Gasteiger partial charge in [-0.3, -0.25) is 9.78 Å². The Bertz CT molecular complexity index is 559. The molecule has 0 aliphatic carbocycles. The number of pyridine rings is 1. The molecule has 0 bridgehead atoms. The number of nitrogens with one attached hydrogen (secondary N) is 2. The van der Waals surface area contributed by atoms with Crippen LogP contribution in [0.2, 0.25) is 0 Å². The lowest BCUT2D eigenvalue weighted by molar-refractivity contribution is 0.0948. The third-order valence-corrected chi connectivity index (χ3v) is 2.66. The molecule has 0 saturated carbocycles. The molecule has 0 aromatic carbocycles. The van der Waals surface area contributed by atoms with Gasteiger partial charge in [-0.1, -0.05) is 6.92 Å². The number of aromatic nitrogens is 3. The molecule has 104 valence electrons. The van der Waals surface area contributed by atoms with Gasteiger partial charge in [0.25, 0.3) is 5.91 Å². The van der Waals surface area contributed by atoms with Crippen LogP contribution in [0.3, 0.4) is 0 Å². The Morgan fingerprint density at radius 1 is 1.25 bits per heavy atom. The summed E-state index contributed by atoms with van der Waals surface area (Å²) in [6.45, 7) is 3.26. The summed E-state index contributed by atoms with van der Waals surface area (Å²) in [4.78, 5) is 23.8. The summed E-state index contributed by atoms with van der Waals surface area (Å²) in [6, 6.07) is 5.48. The van der Waals surface area contributed by atoms with E-state index >= 15 is 0 Å². The van der Waals surface area contributed by atoms with Crippen LogP contribution >= 0.6 is 0 Å². The van der Waals surface area contributed by atoms with E-state index in [2.05, 4.69) is 25.6 Å². The Labute approximate surface area is 117 Å². The van der Waals surface area contributed by atoms with Crippen LogP contribution in [0.25, 0.3) is 0 Å². The molecular formula is C14H17N5O. The molecule has 6 nitrogen and oxygen atoms in total. The summed E-state index contributed by atoms with van der Waals surface area (Å²) in [5, 5.41) is 5.94. The zero-order chi connectivity index (χ0) is 14.2. The van der Waals surface area contributed by atoms with Gasteiger partial charge in [0.05, 0.1) is 0 Å². The minimum absolute atomic E-state index is 0.179. The van der Waals surface area contributed by atoms with E-state index in [4.69, 9.17) is 0 Å². The summed E-state index contributed by atoms with van der Waals surface area (Å²) >= 11 is 0. The molecule has 0 fully saturated rings. The minimum atomic E-state index is -0.179. The average Bonchev–Trinajstić information content (AvgIpc) is 2.52. The quantitative estimate of drug-likeness (QED) is 0.834. The van der Waals surface area contributed by atoms with E-state index in [-0.39, 0.29) is 5.91 Å². The van der Waals surface area contributed by atoms with Crippen molar-refractivity contribution in [1.82, 2.24) is 20.3 Å². The summed E-state index contributed by atoms with van der Waals surface area (Å²) < 4.78 is 0. The predicted molar refractivity (Wildman–Crippen MR) is 76.2 cm³/mol. The van der Waals surface area contributed by atoms with E-state index in [0.717, 1.165) is 12.0 Å². The first-order valence-electron chi connectivity index (χ1n) is 6.52. The number of hydrogen-bond donors (Lipinski definition) is 2. The summed E-state index contributed by atoms with van der Waals surface area (Å²) in [5.74, 6) is 0.444. The van der Waals surface area contributed by atoms with E-state index in [1.165, 1.54) is 6.33 Å². The SMILES string of the molecule is CCCNC(=O)c1cc(NCc2ccncc2)ncn1. The topological polar surface area (TPSA) is 79.8 Å². The lowest BCUT2D eigenvalue weighted by atomic mass is 10.2. The maximum Gasteiger partial charge on any atom is 0.270 e. The van der Waals surface area contributed by atoms with Crippen LogP contribution in [-0.4, -0.2) is 27.4 Å². The Morgan fingerprint density at radius 2 is 2.05 bits per heavy atom. The van der Waals surface area contributed by atoms with E-state index in [0.29, 0.717) is 24.6 Å². The van der Waals surface area contributed by atoms with Crippen molar-refractivity contribution >= 4 is 11.7 Å². The minimum Gasteiger partial charge on any atom is -0.366 e. The van der Waals surface area contributed by atoms with Crippen LogP contribution in [0.15, 0.2) is 36.9 Å². The molecule has 2 aromatic rings. The molecule has 0 aliphatic heterocycles. The fourth-order valence-electron chi connectivity index (χ4n) is 1.60. The van der Waals surface area contributed by atoms with Gasteiger partial charge in [0.1, 0.15) is 17.8 Å². The van der Waals surface area contributed by atoms with Gasteiger partial charge in [-0.15, -0.1) is 0 Å². The Hall–Kier alpha value is -2.50. The molecule has 6 heteroatoms. The van der Waals surface area contributed by atoms with Gasteiger partial charge < -0.3 is 10.6 Å². The van der Waals surface area contributed by atoms with Crippen LogP contribution < -0.4 is 10.6 Å². The molecule has 0 unspecified atom stereocenters. The van der Waals surface area contributed by atoms with E-state index < -0.39 is 0 Å². The Kier molecular flexibility index (Phi) is 5.00. The van der Waals surface area contributed by atoms with Crippen molar-refractivity contribution in [3.63, 3.8) is 0 Å². The van der Waals surface area contributed by atoms with Crippen molar-refractivity contribution in [1.29, 1.82) is 0 Å². The van der Waals surface area contributed by atoms with Gasteiger partial charge in [0.15, 0.2) is 0 Å². The average molecular weight is 271 g/mol. The third-order valence-electron chi connectivity index (χ3n) is 2.66. The predicted octanol–water partition coefficient (Wildman–Crippen LogP) is 1.62. The van der Waals surface area contributed by atoms with Crippen molar-refractivity contribution in [3.05, 3.63) is 48.2 Å². The van der Waals surface area contributed by atoms with Crippen molar-refractivity contribution in [2.75, 3.05) is 11.9 Å². The molecule has 0 spiro atoms. The number of amides is 1. The fourth-order valence-corrected chi connectivity index (χ4v) is 1.60. The molecule has 2 N–H and O–H groups in total. The molecule has 0 atom stereocenters. The zero-order valence-corrected chi connectivity index (χ0v) is 11.3. The molecule has 2 rings (SSSR count). The fraction of sp³-hybridized carbons (Fsp3) is 0.286.